The fourth-order valence-corrected chi connectivity index (χ4v) is 0.976. The highest BCUT2D eigenvalue weighted by atomic mass is 16.5. The summed E-state index contributed by atoms with van der Waals surface area (Å²) >= 11 is 0. The molecule has 0 aliphatic carbocycles. The molecule has 6 nitrogen and oxygen atoms in total. The summed E-state index contributed by atoms with van der Waals surface area (Å²) in [6.45, 7) is 2.02. The molecule has 1 aliphatic rings. The summed E-state index contributed by atoms with van der Waals surface area (Å²) < 4.78 is 4.98. The molecule has 6 heteroatoms. The number of hydrogen-bond acceptors (Lipinski definition) is 5. The topological polar surface area (TPSA) is 95.8 Å². The van der Waals surface area contributed by atoms with Crippen molar-refractivity contribution < 1.29 is 4.74 Å². The summed E-state index contributed by atoms with van der Waals surface area (Å²) in [5.74, 6) is 0. The van der Waals surface area contributed by atoms with E-state index in [4.69, 9.17) is 15.8 Å². The van der Waals surface area contributed by atoms with Gasteiger partial charge in [-0.2, -0.15) is 5.11 Å². The molecule has 0 saturated carbocycles. The van der Waals surface area contributed by atoms with Gasteiger partial charge in [0.1, 0.15) is 17.2 Å². The highest BCUT2D eigenvalue weighted by Crippen LogP contribution is 2.27. The van der Waals surface area contributed by atoms with Crippen molar-refractivity contribution in [1.82, 2.24) is 4.91 Å². The van der Waals surface area contributed by atoms with Crippen LogP contribution in [0.3, 0.4) is 0 Å². The Bertz CT molecular complexity index is 193. The fraction of sp³-hybridized carbons (Fsp3) is 1.00. The van der Waals surface area contributed by atoms with Gasteiger partial charge in [-0.15, -0.1) is 0 Å². The molecule has 0 bridgehead atoms. The molecule has 0 spiro atoms. The molecule has 0 aromatic carbocycles. The van der Waals surface area contributed by atoms with Crippen LogP contribution in [0.15, 0.2) is 10.2 Å². The summed E-state index contributed by atoms with van der Waals surface area (Å²) in [4.78, 5) is 2.90. The monoisotopic (exact) mass is 156 g/mol. The van der Waals surface area contributed by atoms with Gasteiger partial charge in [-0.3, -0.25) is 0 Å². The van der Waals surface area contributed by atoms with Gasteiger partial charge >= 0.3 is 0 Å². The molecule has 1 heterocycles. The average Bonchev–Trinajstić information content (AvgIpc) is 1.95. The zero-order chi connectivity index (χ0) is 8.16. The van der Waals surface area contributed by atoms with Crippen molar-refractivity contribution in [3.63, 3.8) is 0 Å². The summed E-state index contributed by atoms with van der Waals surface area (Å²) in [7, 11) is 0. The first-order valence-electron chi connectivity index (χ1n) is 3.27. The molecule has 1 aliphatic heterocycles. The minimum Gasteiger partial charge on any atom is -0.380 e. The predicted octanol–water partition coefficient (Wildman–Crippen LogP) is 0.584. The quantitative estimate of drug-likeness (QED) is 0.452. The molecule has 1 saturated heterocycles. The van der Waals surface area contributed by atoms with Crippen LogP contribution in [0, 0.1) is 16.5 Å². The predicted molar refractivity (Wildman–Crippen MR) is 35.4 cm³/mol. The molecule has 0 unspecified atom stereocenters. The number of nitrogens with one attached hydrogen (secondary N) is 2. The number of rotatable bonds is 4. The van der Waals surface area contributed by atoms with Crippen LogP contribution in [0.25, 0.3) is 0 Å². The molecule has 1 fully saturated rings. The zero-order valence-electron chi connectivity index (χ0n) is 6.08. The van der Waals surface area contributed by atoms with Crippen molar-refractivity contribution in [2.75, 3.05) is 26.3 Å². The minimum atomic E-state index is -0.133. The summed E-state index contributed by atoms with van der Waals surface area (Å²) in [5, 5.41) is 6.84. The second kappa shape index (κ2) is 3.32. The smallest absolute Gasteiger partial charge is 0.214 e. The van der Waals surface area contributed by atoms with E-state index in [1.807, 2.05) is 0 Å². The van der Waals surface area contributed by atoms with E-state index in [2.05, 4.69) is 15.1 Å². The third kappa shape index (κ3) is 1.66. The van der Waals surface area contributed by atoms with E-state index in [-0.39, 0.29) is 5.41 Å². The Morgan fingerprint density at radius 2 is 2.18 bits per heavy atom. The van der Waals surface area contributed by atoms with Crippen LogP contribution < -0.4 is 4.91 Å². The van der Waals surface area contributed by atoms with Crippen LogP contribution in [0.1, 0.15) is 0 Å². The lowest BCUT2D eigenvalue weighted by molar-refractivity contribution is -0.101. The SMILES string of the molecule is N=NCC1(CN=[N+]=N)COC1. The molecular weight excluding hydrogens is 146 g/mol. The van der Waals surface area contributed by atoms with Gasteiger partial charge in [0, 0.05) is 0 Å². The second-order valence-electron chi connectivity index (χ2n) is 2.71. The molecule has 0 aromatic heterocycles. The van der Waals surface area contributed by atoms with Gasteiger partial charge in [-0.25, -0.2) is 5.53 Å². The van der Waals surface area contributed by atoms with Crippen molar-refractivity contribution in [3.8, 4) is 0 Å². The van der Waals surface area contributed by atoms with Gasteiger partial charge < -0.3 is 4.74 Å². The highest BCUT2D eigenvalue weighted by molar-refractivity contribution is 4.88. The minimum absolute atomic E-state index is 0.133. The number of nitrogens with zero attached hydrogens (tertiary/aromatic N) is 3. The Balaban J connectivity index is 2.45. The Morgan fingerprint density at radius 1 is 1.45 bits per heavy atom. The van der Waals surface area contributed by atoms with E-state index in [0.29, 0.717) is 26.3 Å². The zero-order valence-corrected chi connectivity index (χ0v) is 6.08. The number of ether oxygens (including phenoxy) is 1. The third-order valence-electron chi connectivity index (χ3n) is 1.71. The Morgan fingerprint density at radius 3 is 2.55 bits per heavy atom. The lowest BCUT2D eigenvalue weighted by atomic mass is 9.86. The molecule has 11 heavy (non-hydrogen) atoms. The van der Waals surface area contributed by atoms with Gasteiger partial charge in [0.25, 0.3) is 0 Å². The number of hydrogen-bond donors (Lipinski definition) is 2. The van der Waals surface area contributed by atoms with Crippen molar-refractivity contribution in [2.24, 2.45) is 15.6 Å². The fourth-order valence-electron chi connectivity index (χ4n) is 0.976. The molecule has 0 amide bonds. The van der Waals surface area contributed by atoms with Crippen LogP contribution in [0.2, 0.25) is 0 Å². The molecule has 0 radical (unpaired) electrons. The van der Waals surface area contributed by atoms with E-state index >= 15 is 0 Å². The first-order chi connectivity index (χ1) is 5.33. The van der Waals surface area contributed by atoms with Gasteiger partial charge in [0.05, 0.1) is 25.2 Å². The van der Waals surface area contributed by atoms with Gasteiger partial charge in [0.2, 0.25) is 4.91 Å². The van der Waals surface area contributed by atoms with Crippen molar-refractivity contribution >= 4 is 0 Å². The lowest BCUT2D eigenvalue weighted by Crippen LogP contribution is -2.47. The van der Waals surface area contributed by atoms with Crippen molar-refractivity contribution in [2.45, 2.75) is 0 Å². The summed E-state index contributed by atoms with van der Waals surface area (Å²) in [6, 6.07) is 0. The molecule has 60 valence electrons. The second-order valence-corrected chi connectivity index (χ2v) is 2.71. The van der Waals surface area contributed by atoms with Crippen molar-refractivity contribution in [3.05, 3.63) is 0 Å². The van der Waals surface area contributed by atoms with E-state index < -0.39 is 0 Å². The molecule has 0 aromatic rings. The van der Waals surface area contributed by atoms with E-state index in [1.165, 1.54) is 0 Å². The maximum atomic E-state index is 6.68. The molecule has 2 N–H and O–H groups in total. The highest BCUT2D eigenvalue weighted by Gasteiger charge is 2.40. The first-order valence-corrected chi connectivity index (χ1v) is 3.27. The van der Waals surface area contributed by atoms with Crippen LogP contribution in [0.4, 0.5) is 0 Å². The molecule has 1 rings (SSSR count). The van der Waals surface area contributed by atoms with E-state index in [9.17, 15) is 0 Å². The Kier molecular flexibility index (Phi) is 2.40. The maximum absolute atomic E-state index is 6.68. The average molecular weight is 156 g/mol. The van der Waals surface area contributed by atoms with Gasteiger partial charge in [0.15, 0.2) is 0 Å². The first kappa shape index (κ1) is 7.97. The summed E-state index contributed by atoms with van der Waals surface area (Å²) in [5.41, 5.74) is 13.0. The van der Waals surface area contributed by atoms with Gasteiger partial charge in [-0.05, 0) is 0 Å². The van der Waals surface area contributed by atoms with Crippen LogP contribution in [0.5, 0.6) is 0 Å². The van der Waals surface area contributed by atoms with Gasteiger partial charge in [-0.1, -0.05) is 0 Å². The van der Waals surface area contributed by atoms with Crippen LogP contribution in [-0.2, 0) is 4.74 Å². The largest absolute Gasteiger partial charge is 0.380 e. The van der Waals surface area contributed by atoms with Crippen molar-refractivity contribution in [1.29, 1.82) is 11.1 Å². The standard InChI is InChI=1S/C5H10N5O/c6-8-1-5(2-9-10-7)3-11-4-5/h6-7H,1-4H2/q+1. The Hall–Kier alpha value is -1.13. The summed E-state index contributed by atoms with van der Waals surface area (Å²) in [6.07, 6.45) is 0. The molecule has 0 atom stereocenters. The normalized spacial score (nSPS) is 19.6. The lowest BCUT2D eigenvalue weighted by Gasteiger charge is -2.36. The Labute approximate surface area is 63.7 Å². The van der Waals surface area contributed by atoms with E-state index in [0.717, 1.165) is 0 Å². The van der Waals surface area contributed by atoms with E-state index in [1.54, 1.807) is 0 Å². The molecular formula is C5H10N5O+. The maximum Gasteiger partial charge on any atom is 0.214 e. The third-order valence-corrected chi connectivity index (χ3v) is 1.71. The van der Waals surface area contributed by atoms with Crippen LogP contribution in [-0.4, -0.2) is 26.3 Å². The van der Waals surface area contributed by atoms with Crippen LogP contribution >= 0.6 is 0 Å².